The van der Waals surface area contributed by atoms with Crippen LogP contribution in [-0.2, 0) is 0 Å². The average molecular weight is 392 g/mol. The molecule has 0 fully saturated rings. The van der Waals surface area contributed by atoms with Crippen LogP contribution in [0.3, 0.4) is 0 Å². The number of amides is 2. The number of urea groups is 1. The number of nitrogens with zero attached hydrogens (tertiary/aromatic N) is 1. The van der Waals surface area contributed by atoms with Gasteiger partial charge in [0, 0.05) is 22.8 Å². The zero-order valence-electron chi connectivity index (χ0n) is 12.7. The third-order valence-electron chi connectivity index (χ3n) is 2.98. The number of nitro groups is 1. The van der Waals surface area contributed by atoms with Crippen LogP contribution >= 0.6 is 15.9 Å². The quantitative estimate of drug-likeness (QED) is 0.590. The van der Waals surface area contributed by atoms with Gasteiger partial charge >= 0.3 is 6.03 Å². The number of carbonyl (C=O) groups excluding carboxylic acids is 1. The molecule has 0 unspecified atom stereocenters. The van der Waals surface area contributed by atoms with E-state index in [9.17, 15) is 14.9 Å². The zero-order valence-corrected chi connectivity index (χ0v) is 14.2. The van der Waals surface area contributed by atoms with Crippen LogP contribution in [0.5, 0.6) is 5.75 Å². The predicted octanol–water partition coefficient (Wildman–Crippen LogP) is 4.16. The van der Waals surface area contributed by atoms with Gasteiger partial charge in [-0.1, -0.05) is 28.1 Å². The van der Waals surface area contributed by atoms with E-state index in [1.165, 1.54) is 31.5 Å². The highest BCUT2D eigenvalue weighted by molar-refractivity contribution is 9.10. The minimum Gasteiger partial charge on any atom is -0.495 e. The number of hydrogen-bond donors (Lipinski definition) is 2. The fourth-order valence-corrected chi connectivity index (χ4v) is 2.31. The molecular formula is C16H14BrN3O4. The lowest BCUT2D eigenvalue weighted by Crippen LogP contribution is -2.24. The monoisotopic (exact) mass is 391 g/mol. The molecule has 0 aromatic heterocycles. The standard InChI is InChI=1S/C16H14BrN3O4/c1-24-15-6-5-13(20(22)23)10-14(15)19-16(21)18-8-7-11-3-2-4-12(17)9-11/h2-10H,1H3,(H2,18,19,21)/b8-7+. The van der Waals surface area contributed by atoms with Gasteiger partial charge in [-0.3, -0.25) is 10.1 Å². The van der Waals surface area contributed by atoms with Crippen molar-refractivity contribution >= 4 is 39.4 Å². The molecule has 7 nitrogen and oxygen atoms in total. The normalized spacial score (nSPS) is 10.4. The largest absolute Gasteiger partial charge is 0.495 e. The smallest absolute Gasteiger partial charge is 0.323 e. The summed E-state index contributed by atoms with van der Waals surface area (Å²) in [5.41, 5.74) is 0.966. The van der Waals surface area contributed by atoms with Crippen LogP contribution < -0.4 is 15.4 Å². The Balaban J connectivity index is 2.04. The Morgan fingerprint density at radius 1 is 1.29 bits per heavy atom. The lowest BCUT2D eigenvalue weighted by Gasteiger charge is -2.09. The fourth-order valence-electron chi connectivity index (χ4n) is 1.89. The number of non-ortho nitro benzene ring substituents is 1. The second kappa shape index (κ2) is 8.11. The molecule has 2 aromatic rings. The topological polar surface area (TPSA) is 93.5 Å². The first-order chi connectivity index (χ1) is 11.5. The number of methoxy groups -OCH3 is 1. The molecule has 0 saturated heterocycles. The molecule has 8 heteroatoms. The summed E-state index contributed by atoms with van der Waals surface area (Å²) in [4.78, 5) is 22.2. The molecule has 0 aliphatic heterocycles. The SMILES string of the molecule is COc1ccc([N+](=O)[O-])cc1NC(=O)N/C=C/c1cccc(Br)c1. The Morgan fingerprint density at radius 3 is 2.75 bits per heavy atom. The van der Waals surface area contributed by atoms with E-state index in [2.05, 4.69) is 26.6 Å². The van der Waals surface area contributed by atoms with Gasteiger partial charge in [-0.05, 0) is 29.8 Å². The third-order valence-corrected chi connectivity index (χ3v) is 3.47. The van der Waals surface area contributed by atoms with Gasteiger partial charge < -0.3 is 15.4 Å². The van der Waals surface area contributed by atoms with Crippen molar-refractivity contribution in [1.29, 1.82) is 0 Å². The van der Waals surface area contributed by atoms with E-state index in [0.717, 1.165) is 10.0 Å². The lowest BCUT2D eigenvalue weighted by atomic mass is 10.2. The van der Waals surface area contributed by atoms with Gasteiger partial charge in [0.05, 0.1) is 17.7 Å². The molecule has 2 amide bonds. The van der Waals surface area contributed by atoms with E-state index in [1.54, 1.807) is 6.08 Å². The first-order valence-corrected chi connectivity index (χ1v) is 7.61. The summed E-state index contributed by atoms with van der Waals surface area (Å²) in [6, 6.07) is 10.9. The van der Waals surface area contributed by atoms with E-state index < -0.39 is 11.0 Å². The second-order valence-electron chi connectivity index (χ2n) is 4.63. The highest BCUT2D eigenvalue weighted by Crippen LogP contribution is 2.28. The molecule has 124 valence electrons. The minimum atomic E-state index is -0.546. The Kier molecular flexibility index (Phi) is 5.91. The van der Waals surface area contributed by atoms with Crippen molar-refractivity contribution in [2.24, 2.45) is 0 Å². The number of anilines is 1. The number of nitro benzene ring substituents is 1. The van der Waals surface area contributed by atoms with Crippen molar-refractivity contribution in [3.8, 4) is 5.75 Å². The number of carbonyl (C=O) groups is 1. The van der Waals surface area contributed by atoms with Crippen molar-refractivity contribution in [1.82, 2.24) is 5.32 Å². The van der Waals surface area contributed by atoms with E-state index in [4.69, 9.17) is 4.74 Å². The van der Waals surface area contributed by atoms with Crippen LogP contribution in [-0.4, -0.2) is 18.1 Å². The predicted molar refractivity (Wildman–Crippen MR) is 95.0 cm³/mol. The average Bonchev–Trinajstić information content (AvgIpc) is 2.54. The second-order valence-corrected chi connectivity index (χ2v) is 5.54. The Labute approximate surface area is 146 Å². The Morgan fingerprint density at radius 2 is 2.08 bits per heavy atom. The molecule has 2 N–H and O–H groups in total. The maximum atomic E-state index is 11.9. The summed E-state index contributed by atoms with van der Waals surface area (Å²) >= 11 is 3.36. The van der Waals surface area contributed by atoms with Gasteiger partial charge in [-0.2, -0.15) is 0 Å². The molecule has 0 spiro atoms. The summed E-state index contributed by atoms with van der Waals surface area (Å²) in [7, 11) is 1.41. The fraction of sp³-hybridized carbons (Fsp3) is 0.0625. The molecule has 2 aromatic carbocycles. The Hall–Kier alpha value is -2.87. The molecular weight excluding hydrogens is 378 g/mol. The number of halogens is 1. The maximum Gasteiger partial charge on any atom is 0.323 e. The van der Waals surface area contributed by atoms with Crippen molar-refractivity contribution < 1.29 is 14.5 Å². The number of nitrogens with one attached hydrogen (secondary N) is 2. The highest BCUT2D eigenvalue weighted by Gasteiger charge is 2.13. The summed E-state index contributed by atoms with van der Waals surface area (Å²) in [5.74, 6) is 0.326. The van der Waals surface area contributed by atoms with Gasteiger partial charge in [-0.25, -0.2) is 4.79 Å². The molecule has 24 heavy (non-hydrogen) atoms. The van der Waals surface area contributed by atoms with E-state index >= 15 is 0 Å². The summed E-state index contributed by atoms with van der Waals surface area (Å²) < 4.78 is 6.01. The van der Waals surface area contributed by atoms with Crippen molar-refractivity contribution in [3.05, 3.63) is 68.8 Å². The first-order valence-electron chi connectivity index (χ1n) is 6.81. The molecule has 0 aliphatic carbocycles. The number of ether oxygens (including phenoxy) is 1. The van der Waals surface area contributed by atoms with Gasteiger partial charge in [0.1, 0.15) is 5.75 Å². The van der Waals surface area contributed by atoms with Gasteiger partial charge in [0.2, 0.25) is 0 Å². The summed E-state index contributed by atoms with van der Waals surface area (Å²) in [6.07, 6.45) is 3.19. The minimum absolute atomic E-state index is 0.143. The summed E-state index contributed by atoms with van der Waals surface area (Å²) in [6.45, 7) is 0. The highest BCUT2D eigenvalue weighted by atomic mass is 79.9. The Bertz CT molecular complexity index is 793. The van der Waals surface area contributed by atoms with Crippen LogP contribution in [0.2, 0.25) is 0 Å². The van der Waals surface area contributed by atoms with Crippen LogP contribution in [0.4, 0.5) is 16.2 Å². The summed E-state index contributed by atoms with van der Waals surface area (Å²) in [5, 5.41) is 15.9. The molecule has 0 heterocycles. The molecule has 0 bridgehead atoms. The van der Waals surface area contributed by atoms with E-state index in [-0.39, 0.29) is 11.4 Å². The van der Waals surface area contributed by atoms with Crippen LogP contribution in [0.15, 0.2) is 53.1 Å². The zero-order chi connectivity index (χ0) is 17.5. The lowest BCUT2D eigenvalue weighted by molar-refractivity contribution is -0.384. The number of rotatable bonds is 5. The third kappa shape index (κ3) is 4.82. The van der Waals surface area contributed by atoms with Crippen molar-refractivity contribution in [2.45, 2.75) is 0 Å². The number of hydrogen-bond acceptors (Lipinski definition) is 4. The molecule has 0 saturated carbocycles. The maximum absolute atomic E-state index is 11.9. The van der Waals surface area contributed by atoms with Crippen LogP contribution in [0, 0.1) is 10.1 Å². The van der Waals surface area contributed by atoms with Crippen LogP contribution in [0.25, 0.3) is 6.08 Å². The van der Waals surface area contributed by atoms with Gasteiger partial charge in [0.15, 0.2) is 0 Å². The molecule has 0 radical (unpaired) electrons. The molecule has 0 atom stereocenters. The van der Waals surface area contributed by atoms with Gasteiger partial charge in [0.25, 0.3) is 5.69 Å². The van der Waals surface area contributed by atoms with Crippen molar-refractivity contribution in [3.63, 3.8) is 0 Å². The molecule has 0 aliphatic rings. The van der Waals surface area contributed by atoms with E-state index in [1.807, 2.05) is 24.3 Å². The first kappa shape index (κ1) is 17.5. The molecule has 2 rings (SSSR count). The number of benzene rings is 2. The van der Waals surface area contributed by atoms with E-state index in [0.29, 0.717) is 5.75 Å². The van der Waals surface area contributed by atoms with Crippen molar-refractivity contribution in [2.75, 3.05) is 12.4 Å². The van der Waals surface area contributed by atoms with Crippen LogP contribution in [0.1, 0.15) is 5.56 Å². The van der Waals surface area contributed by atoms with Gasteiger partial charge in [-0.15, -0.1) is 0 Å².